The van der Waals surface area contributed by atoms with Gasteiger partial charge in [-0.25, -0.2) is 4.79 Å². The van der Waals surface area contributed by atoms with Crippen LogP contribution in [0.2, 0.25) is 0 Å². The molecule has 3 aliphatic rings. The summed E-state index contributed by atoms with van der Waals surface area (Å²) in [5.74, 6) is 0.758. The third kappa shape index (κ3) is 3.54. The van der Waals surface area contributed by atoms with Crippen molar-refractivity contribution < 1.29 is 19.1 Å². The molecular formula is C24H28N4O4. The van der Waals surface area contributed by atoms with E-state index in [-0.39, 0.29) is 18.1 Å². The van der Waals surface area contributed by atoms with E-state index in [1.54, 1.807) is 12.0 Å². The summed E-state index contributed by atoms with van der Waals surface area (Å²) in [5.41, 5.74) is 1.28. The van der Waals surface area contributed by atoms with Crippen molar-refractivity contribution in [1.29, 1.82) is 0 Å². The number of ether oxygens (including phenoxy) is 2. The molecule has 1 atom stereocenters. The fourth-order valence-corrected chi connectivity index (χ4v) is 5.09. The number of likely N-dealkylation sites (tertiary alicyclic amines) is 1. The molecule has 8 heteroatoms. The summed E-state index contributed by atoms with van der Waals surface area (Å²) in [6.07, 6.45) is 0.914. The van der Waals surface area contributed by atoms with Gasteiger partial charge in [-0.15, -0.1) is 0 Å². The van der Waals surface area contributed by atoms with Crippen molar-refractivity contribution in [3.05, 3.63) is 54.6 Å². The van der Waals surface area contributed by atoms with E-state index in [9.17, 15) is 9.59 Å². The van der Waals surface area contributed by atoms with Gasteiger partial charge in [-0.05, 0) is 37.1 Å². The molecular weight excluding hydrogens is 408 g/mol. The molecule has 8 nitrogen and oxygen atoms in total. The third-order valence-corrected chi connectivity index (χ3v) is 6.80. The Hall–Kier alpha value is -3.26. The molecule has 3 saturated heterocycles. The van der Waals surface area contributed by atoms with E-state index in [1.807, 2.05) is 42.5 Å². The molecule has 32 heavy (non-hydrogen) atoms. The van der Waals surface area contributed by atoms with Crippen LogP contribution in [0.5, 0.6) is 5.75 Å². The highest BCUT2D eigenvalue weighted by Crippen LogP contribution is 2.37. The predicted octanol–water partition coefficient (Wildman–Crippen LogP) is 2.45. The maximum atomic E-state index is 12.8. The molecule has 3 fully saturated rings. The molecule has 0 aromatic heterocycles. The van der Waals surface area contributed by atoms with E-state index in [0.717, 1.165) is 37.3 Å². The van der Waals surface area contributed by atoms with Crippen LogP contribution in [-0.4, -0.2) is 68.5 Å². The van der Waals surface area contributed by atoms with Gasteiger partial charge in [0.1, 0.15) is 17.4 Å². The second-order valence-electron chi connectivity index (χ2n) is 8.55. The van der Waals surface area contributed by atoms with Gasteiger partial charge < -0.3 is 19.7 Å². The number of cyclic esters (lactones) is 1. The lowest BCUT2D eigenvalue weighted by Gasteiger charge is -2.43. The van der Waals surface area contributed by atoms with E-state index < -0.39 is 5.54 Å². The summed E-state index contributed by atoms with van der Waals surface area (Å²) in [5, 5.41) is 3.04. The van der Waals surface area contributed by atoms with Crippen LogP contribution in [0.4, 0.5) is 16.2 Å². The molecule has 1 unspecified atom stereocenters. The zero-order valence-corrected chi connectivity index (χ0v) is 18.2. The van der Waals surface area contributed by atoms with E-state index in [4.69, 9.17) is 9.47 Å². The Balaban J connectivity index is 1.23. The number of amides is 2. The zero-order valence-electron chi connectivity index (χ0n) is 18.2. The highest BCUT2D eigenvalue weighted by molar-refractivity contribution is 5.93. The van der Waals surface area contributed by atoms with Crippen LogP contribution in [0.25, 0.3) is 0 Å². The molecule has 3 aliphatic heterocycles. The second kappa shape index (κ2) is 8.35. The Morgan fingerprint density at radius 1 is 1.06 bits per heavy atom. The molecule has 0 radical (unpaired) electrons. The van der Waals surface area contributed by atoms with E-state index in [1.165, 1.54) is 0 Å². The molecule has 2 amide bonds. The summed E-state index contributed by atoms with van der Waals surface area (Å²) >= 11 is 0. The van der Waals surface area contributed by atoms with Gasteiger partial charge in [-0.1, -0.05) is 30.3 Å². The maximum absolute atomic E-state index is 12.8. The lowest BCUT2D eigenvalue weighted by Crippen LogP contribution is -2.57. The smallest absolute Gasteiger partial charge is 0.414 e. The molecule has 1 N–H and O–H groups in total. The first-order valence-corrected chi connectivity index (χ1v) is 11.1. The van der Waals surface area contributed by atoms with Crippen molar-refractivity contribution in [2.45, 2.75) is 24.5 Å². The number of methoxy groups -OCH3 is 1. The number of piperidine rings is 1. The molecule has 0 bridgehead atoms. The number of carbonyl (C=O) groups excluding carboxylic acids is 2. The number of anilines is 2. The van der Waals surface area contributed by atoms with E-state index in [2.05, 4.69) is 27.2 Å². The van der Waals surface area contributed by atoms with Crippen LogP contribution in [0, 0.1) is 0 Å². The van der Waals surface area contributed by atoms with Crippen molar-refractivity contribution in [3.8, 4) is 5.75 Å². The standard InChI is InChI=1S/C24H28N4O4/c1-31-21-10-6-5-9-20(21)27-16-19(32-23(27)30)15-26-13-11-24(12-14-26)22(29)25-17-28(24)18-7-3-2-4-8-18/h2-10,19H,11-17H2,1H3,(H,25,29). The Morgan fingerprint density at radius 2 is 1.78 bits per heavy atom. The monoisotopic (exact) mass is 436 g/mol. The first kappa shape index (κ1) is 20.6. The largest absolute Gasteiger partial charge is 0.495 e. The van der Waals surface area contributed by atoms with Crippen molar-refractivity contribution in [2.75, 3.05) is 49.8 Å². The van der Waals surface area contributed by atoms with Crippen LogP contribution < -0.4 is 19.9 Å². The van der Waals surface area contributed by atoms with Crippen molar-refractivity contribution in [2.24, 2.45) is 0 Å². The molecule has 168 valence electrons. The van der Waals surface area contributed by atoms with Gasteiger partial charge in [0.15, 0.2) is 0 Å². The quantitative estimate of drug-likeness (QED) is 0.776. The molecule has 3 heterocycles. The summed E-state index contributed by atoms with van der Waals surface area (Å²) in [6, 6.07) is 17.6. The van der Waals surface area contributed by atoms with Crippen LogP contribution in [0.3, 0.4) is 0 Å². The minimum atomic E-state index is -0.506. The van der Waals surface area contributed by atoms with Crippen LogP contribution in [0.1, 0.15) is 12.8 Å². The Bertz CT molecular complexity index is 991. The number of hydrogen-bond donors (Lipinski definition) is 1. The molecule has 0 saturated carbocycles. The van der Waals surface area contributed by atoms with Crippen LogP contribution in [-0.2, 0) is 9.53 Å². The average Bonchev–Trinajstić information content (AvgIpc) is 3.35. The van der Waals surface area contributed by atoms with E-state index >= 15 is 0 Å². The van der Waals surface area contributed by atoms with Crippen molar-refractivity contribution >= 4 is 23.4 Å². The lowest BCUT2D eigenvalue weighted by atomic mass is 9.85. The SMILES string of the molecule is COc1ccccc1N1CC(CN2CCC3(CC2)C(=O)NCN3c2ccccc2)OC1=O. The third-order valence-electron chi connectivity index (χ3n) is 6.80. The van der Waals surface area contributed by atoms with Crippen LogP contribution in [0.15, 0.2) is 54.6 Å². The van der Waals surface area contributed by atoms with Gasteiger partial charge in [0.25, 0.3) is 0 Å². The summed E-state index contributed by atoms with van der Waals surface area (Å²) in [7, 11) is 1.60. The number of benzene rings is 2. The summed E-state index contributed by atoms with van der Waals surface area (Å²) in [6.45, 7) is 3.23. The second-order valence-corrected chi connectivity index (χ2v) is 8.55. The van der Waals surface area contributed by atoms with E-state index in [0.29, 0.717) is 25.5 Å². The highest BCUT2D eigenvalue weighted by Gasteiger charge is 2.50. The van der Waals surface area contributed by atoms with Gasteiger partial charge in [0.05, 0.1) is 26.0 Å². The molecule has 2 aromatic rings. The molecule has 0 aliphatic carbocycles. The van der Waals surface area contributed by atoms with Crippen molar-refractivity contribution in [1.82, 2.24) is 10.2 Å². The minimum Gasteiger partial charge on any atom is -0.495 e. The first-order valence-electron chi connectivity index (χ1n) is 11.1. The number of nitrogens with one attached hydrogen (secondary N) is 1. The highest BCUT2D eigenvalue weighted by atomic mass is 16.6. The van der Waals surface area contributed by atoms with Gasteiger partial charge in [-0.2, -0.15) is 0 Å². The maximum Gasteiger partial charge on any atom is 0.414 e. The predicted molar refractivity (Wildman–Crippen MR) is 121 cm³/mol. The normalized spacial score (nSPS) is 22.8. The molecule has 1 spiro atoms. The Kier molecular flexibility index (Phi) is 5.38. The Morgan fingerprint density at radius 3 is 2.53 bits per heavy atom. The Labute approximate surface area is 187 Å². The fourth-order valence-electron chi connectivity index (χ4n) is 5.09. The topological polar surface area (TPSA) is 74.3 Å². The molecule has 5 rings (SSSR count). The zero-order chi connectivity index (χ0) is 22.1. The lowest BCUT2D eigenvalue weighted by molar-refractivity contribution is -0.125. The van der Waals surface area contributed by atoms with Gasteiger partial charge >= 0.3 is 6.09 Å². The number of rotatable bonds is 5. The van der Waals surface area contributed by atoms with Gasteiger partial charge in [-0.3, -0.25) is 14.6 Å². The van der Waals surface area contributed by atoms with Crippen molar-refractivity contribution in [3.63, 3.8) is 0 Å². The number of hydrogen-bond acceptors (Lipinski definition) is 6. The first-order chi connectivity index (χ1) is 15.6. The summed E-state index contributed by atoms with van der Waals surface area (Å²) < 4.78 is 11.1. The van der Waals surface area contributed by atoms with Crippen LogP contribution >= 0.6 is 0 Å². The number of carbonyl (C=O) groups is 2. The molecule has 2 aromatic carbocycles. The average molecular weight is 437 g/mol. The number of para-hydroxylation sites is 3. The number of nitrogens with zero attached hydrogens (tertiary/aromatic N) is 3. The minimum absolute atomic E-state index is 0.107. The fraction of sp³-hybridized carbons (Fsp3) is 0.417. The van der Waals surface area contributed by atoms with Gasteiger partial charge in [0, 0.05) is 25.3 Å². The summed E-state index contributed by atoms with van der Waals surface area (Å²) in [4.78, 5) is 31.5. The van der Waals surface area contributed by atoms with Gasteiger partial charge in [0.2, 0.25) is 5.91 Å².